The van der Waals surface area contributed by atoms with Gasteiger partial charge in [-0.3, -0.25) is 4.79 Å². The van der Waals surface area contributed by atoms with Crippen LogP contribution in [-0.2, 0) is 11.2 Å². The van der Waals surface area contributed by atoms with Gasteiger partial charge in [0, 0.05) is 10.9 Å². The summed E-state index contributed by atoms with van der Waals surface area (Å²) in [6, 6.07) is 23.4. The van der Waals surface area contributed by atoms with Crippen molar-refractivity contribution in [3.8, 4) is 0 Å². The molecule has 6 aromatic rings. The first-order valence-corrected chi connectivity index (χ1v) is 13.7. The third-order valence-corrected chi connectivity index (χ3v) is 7.42. The normalized spacial score (nSPS) is 12.8. The van der Waals surface area contributed by atoms with E-state index in [4.69, 9.17) is 8.94 Å². The number of amides is 1. The molecule has 212 valence electrons. The van der Waals surface area contributed by atoms with Crippen molar-refractivity contribution in [1.82, 2.24) is 31.1 Å². The number of fused-ring (bicyclic) bond motifs is 1. The highest BCUT2D eigenvalue weighted by atomic mass is 16.5. The van der Waals surface area contributed by atoms with Crippen LogP contribution in [0.2, 0.25) is 0 Å². The second kappa shape index (κ2) is 11.3. The van der Waals surface area contributed by atoms with Crippen LogP contribution in [-0.4, -0.2) is 31.7 Å². The Balaban J connectivity index is 1.26. The minimum Gasteiger partial charge on any atom is -0.458 e. The van der Waals surface area contributed by atoms with Crippen molar-refractivity contribution in [3.63, 3.8) is 0 Å². The van der Waals surface area contributed by atoms with Crippen molar-refractivity contribution < 1.29 is 13.7 Å². The number of tetrazole rings is 1. The molecular formula is C32H31N7O3. The number of hydrogen-bond donors (Lipinski definition) is 3. The Morgan fingerprint density at radius 3 is 2.50 bits per heavy atom. The van der Waals surface area contributed by atoms with Crippen LogP contribution in [0.5, 0.6) is 0 Å². The first kappa shape index (κ1) is 26.9. The van der Waals surface area contributed by atoms with Crippen LogP contribution in [0, 0.1) is 27.7 Å². The fourth-order valence-corrected chi connectivity index (χ4v) is 5.44. The number of nitrogens with zero attached hydrogens (tertiary/aromatic N) is 4. The molecule has 10 nitrogen and oxygen atoms in total. The number of carbonyl (C=O) groups excluding carboxylic acids is 1. The zero-order valence-corrected chi connectivity index (χ0v) is 23.8. The van der Waals surface area contributed by atoms with Gasteiger partial charge in [0.15, 0.2) is 0 Å². The Hall–Kier alpha value is -5.25. The zero-order valence-electron chi connectivity index (χ0n) is 23.8. The second-order valence-electron chi connectivity index (χ2n) is 10.5. The summed E-state index contributed by atoms with van der Waals surface area (Å²) in [6.07, 6.45) is 0.221. The van der Waals surface area contributed by atoms with Crippen molar-refractivity contribution >= 4 is 22.8 Å². The van der Waals surface area contributed by atoms with Gasteiger partial charge >= 0.3 is 0 Å². The minimum atomic E-state index is -0.461. The Labute approximate surface area is 242 Å². The summed E-state index contributed by atoms with van der Waals surface area (Å²) in [7, 11) is 0. The van der Waals surface area contributed by atoms with E-state index in [1.165, 1.54) is 5.56 Å². The summed E-state index contributed by atoms with van der Waals surface area (Å²) >= 11 is 0. The zero-order chi connectivity index (χ0) is 29.2. The van der Waals surface area contributed by atoms with E-state index < -0.39 is 6.04 Å². The van der Waals surface area contributed by atoms with Crippen LogP contribution in [0.25, 0.3) is 11.0 Å². The van der Waals surface area contributed by atoms with Crippen LogP contribution < -0.4 is 10.6 Å². The highest BCUT2D eigenvalue weighted by Crippen LogP contribution is 2.34. The van der Waals surface area contributed by atoms with Crippen LogP contribution in [0.15, 0.2) is 81.7 Å². The van der Waals surface area contributed by atoms with Crippen LogP contribution >= 0.6 is 0 Å². The summed E-state index contributed by atoms with van der Waals surface area (Å²) in [6.45, 7) is 7.87. The van der Waals surface area contributed by atoms with Crippen molar-refractivity contribution in [2.75, 3.05) is 5.32 Å². The molecule has 1 amide bonds. The average molecular weight is 562 g/mol. The molecule has 0 fully saturated rings. The van der Waals surface area contributed by atoms with Gasteiger partial charge in [0.2, 0.25) is 5.91 Å². The van der Waals surface area contributed by atoms with Crippen molar-refractivity contribution in [2.45, 2.75) is 46.2 Å². The number of aromatic amines is 1. The van der Waals surface area contributed by atoms with E-state index >= 15 is 0 Å². The fourth-order valence-electron chi connectivity index (χ4n) is 5.44. The monoisotopic (exact) mass is 561 g/mol. The Morgan fingerprint density at radius 1 is 0.952 bits per heavy atom. The molecule has 0 saturated carbocycles. The van der Waals surface area contributed by atoms with Crippen molar-refractivity contribution in [3.05, 3.63) is 123 Å². The number of anilines is 1. The smallest absolute Gasteiger partial charge is 0.264 e. The van der Waals surface area contributed by atoms with E-state index in [1.807, 2.05) is 68.4 Å². The molecule has 10 heteroatoms. The second-order valence-corrected chi connectivity index (χ2v) is 10.5. The van der Waals surface area contributed by atoms with Crippen LogP contribution in [0.1, 0.15) is 62.7 Å². The molecule has 3 aromatic carbocycles. The summed E-state index contributed by atoms with van der Waals surface area (Å²) in [5, 5.41) is 25.7. The molecule has 0 bridgehead atoms. The topological polar surface area (TPSA) is 135 Å². The van der Waals surface area contributed by atoms with Crippen molar-refractivity contribution in [2.24, 2.45) is 0 Å². The van der Waals surface area contributed by atoms with Gasteiger partial charge in [0.25, 0.3) is 5.95 Å². The molecule has 0 radical (unpaired) electrons. The number of carbonyl (C=O) groups is 1. The summed E-state index contributed by atoms with van der Waals surface area (Å²) in [5.74, 6) is 1.53. The maximum atomic E-state index is 13.4. The summed E-state index contributed by atoms with van der Waals surface area (Å²) in [5.41, 5.74) is 7.56. The van der Waals surface area contributed by atoms with E-state index in [-0.39, 0.29) is 18.4 Å². The maximum absolute atomic E-state index is 13.4. The lowest BCUT2D eigenvalue weighted by Crippen LogP contribution is -2.31. The minimum absolute atomic E-state index is 0.0701. The van der Waals surface area contributed by atoms with Crippen LogP contribution in [0.3, 0.4) is 0 Å². The molecule has 2 atom stereocenters. The molecule has 0 aliphatic rings. The largest absolute Gasteiger partial charge is 0.458 e. The molecule has 0 aliphatic carbocycles. The number of benzene rings is 3. The van der Waals surface area contributed by atoms with E-state index in [9.17, 15) is 4.79 Å². The predicted octanol–water partition coefficient (Wildman–Crippen LogP) is 5.82. The molecular weight excluding hydrogens is 530 g/mol. The molecule has 2 unspecified atom stereocenters. The lowest BCUT2D eigenvalue weighted by atomic mass is 9.93. The first-order valence-electron chi connectivity index (χ1n) is 13.7. The number of hydrogen-bond acceptors (Lipinski definition) is 8. The molecule has 3 aromatic heterocycles. The lowest BCUT2D eigenvalue weighted by molar-refractivity contribution is -0.120. The molecule has 42 heavy (non-hydrogen) atoms. The number of aromatic nitrogens is 5. The fraction of sp³-hybridized carbons (Fsp3) is 0.219. The van der Waals surface area contributed by atoms with Gasteiger partial charge in [-0.2, -0.15) is 5.21 Å². The van der Waals surface area contributed by atoms with E-state index in [0.717, 1.165) is 38.9 Å². The maximum Gasteiger partial charge on any atom is 0.264 e. The quantitative estimate of drug-likeness (QED) is 0.201. The Morgan fingerprint density at radius 2 is 1.79 bits per heavy atom. The van der Waals surface area contributed by atoms with Crippen LogP contribution in [0.4, 0.5) is 5.95 Å². The molecule has 0 aliphatic heterocycles. The Kier molecular flexibility index (Phi) is 7.26. The standard InChI is InChI=1S/C32H31N7O3/c1-18-10-12-25(19(2)14-18)30(23-8-6-5-7-9-23)33-28(40)16-22-11-13-26-24(15-22)17-27(41-26)31(34-32-35-38-39-36-32)29-20(3)37-42-21(29)4/h5-15,17,30-31H,16H2,1-4H3,(H,33,40)(H2,34,35,36,38,39). The molecule has 0 saturated heterocycles. The third-order valence-electron chi connectivity index (χ3n) is 7.42. The van der Waals surface area contributed by atoms with Gasteiger partial charge in [0.05, 0.1) is 18.2 Å². The SMILES string of the molecule is Cc1ccc(C(NC(=O)Cc2ccc3oc(C(Nc4nn[nH]n4)c4c(C)noc4C)cc3c2)c2ccccc2)c(C)c1. The highest BCUT2D eigenvalue weighted by Gasteiger charge is 2.27. The lowest BCUT2D eigenvalue weighted by Gasteiger charge is -2.22. The van der Waals surface area contributed by atoms with Gasteiger partial charge < -0.3 is 19.6 Å². The van der Waals surface area contributed by atoms with E-state index in [2.05, 4.69) is 68.5 Å². The highest BCUT2D eigenvalue weighted by molar-refractivity contribution is 5.83. The predicted molar refractivity (Wildman–Crippen MR) is 158 cm³/mol. The number of H-pyrrole nitrogens is 1. The molecule has 3 N–H and O–H groups in total. The van der Waals surface area contributed by atoms with Gasteiger partial charge in [-0.1, -0.05) is 70.4 Å². The number of furan rings is 1. The van der Waals surface area contributed by atoms with Gasteiger partial charge in [-0.25, -0.2) is 0 Å². The summed E-state index contributed by atoms with van der Waals surface area (Å²) in [4.78, 5) is 13.4. The average Bonchev–Trinajstić information content (AvgIpc) is 3.72. The van der Waals surface area contributed by atoms with E-state index in [0.29, 0.717) is 23.1 Å². The van der Waals surface area contributed by atoms with Crippen molar-refractivity contribution in [1.29, 1.82) is 0 Å². The molecule has 6 rings (SSSR count). The molecule has 0 spiro atoms. The number of rotatable bonds is 9. The van der Waals surface area contributed by atoms with E-state index in [1.54, 1.807) is 0 Å². The number of nitrogens with one attached hydrogen (secondary N) is 3. The van der Waals surface area contributed by atoms with Gasteiger partial charge in [0.1, 0.15) is 23.1 Å². The number of aryl methyl sites for hydroxylation is 4. The summed E-state index contributed by atoms with van der Waals surface area (Å²) < 4.78 is 11.7. The first-order chi connectivity index (χ1) is 20.4. The third kappa shape index (κ3) is 5.51. The van der Waals surface area contributed by atoms with Gasteiger partial charge in [-0.05, 0) is 73.4 Å². The Bertz CT molecular complexity index is 1820. The van der Waals surface area contributed by atoms with Gasteiger partial charge in [-0.15, -0.1) is 5.10 Å². The molecule has 3 heterocycles.